The summed E-state index contributed by atoms with van der Waals surface area (Å²) in [7, 11) is 0. The van der Waals surface area contributed by atoms with Crippen LogP contribution in [0, 0.1) is 0 Å². The normalized spacial score (nSPS) is 14.4. The van der Waals surface area contributed by atoms with E-state index in [9.17, 15) is 4.79 Å². The lowest BCUT2D eigenvalue weighted by Crippen LogP contribution is -2.35. The summed E-state index contributed by atoms with van der Waals surface area (Å²) in [6.45, 7) is 4.38. The van der Waals surface area contributed by atoms with Gasteiger partial charge in [0.1, 0.15) is 6.04 Å². The third kappa shape index (κ3) is 3.94. The molecule has 0 amide bonds. The lowest BCUT2D eigenvalue weighted by molar-refractivity contribution is -0.139. The van der Waals surface area contributed by atoms with E-state index in [0.717, 1.165) is 4.47 Å². The molecule has 0 aliphatic rings. The molecule has 0 bridgehead atoms. The predicted octanol–water partition coefficient (Wildman–Crippen LogP) is 2.62. The molecule has 2 atom stereocenters. The zero-order valence-corrected chi connectivity index (χ0v) is 11.0. The van der Waals surface area contributed by atoms with Crippen LogP contribution in [-0.2, 0) is 4.79 Å². The fourth-order valence-electron chi connectivity index (χ4n) is 1.37. The first kappa shape index (κ1) is 13.2. The van der Waals surface area contributed by atoms with Crippen LogP contribution in [0.25, 0.3) is 0 Å². The number of nitrogens with one attached hydrogen (secondary N) is 1. The van der Waals surface area contributed by atoms with Crippen LogP contribution in [0.2, 0.25) is 0 Å². The van der Waals surface area contributed by atoms with E-state index < -0.39 is 12.0 Å². The van der Waals surface area contributed by atoms with Gasteiger partial charge in [-0.3, -0.25) is 4.79 Å². The highest BCUT2D eigenvalue weighted by Gasteiger charge is 2.12. The van der Waals surface area contributed by atoms with E-state index in [0.29, 0.717) is 12.5 Å². The van der Waals surface area contributed by atoms with Gasteiger partial charge in [0.05, 0.1) is 0 Å². The molecular weight excluding hydrogens is 270 g/mol. The molecule has 16 heavy (non-hydrogen) atoms. The van der Waals surface area contributed by atoms with Gasteiger partial charge in [-0.2, -0.15) is 0 Å². The Kier molecular flexibility index (Phi) is 4.96. The van der Waals surface area contributed by atoms with Crippen LogP contribution in [0.5, 0.6) is 0 Å². The minimum absolute atomic E-state index is 0.291. The average molecular weight is 286 g/mol. The summed E-state index contributed by atoms with van der Waals surface area (Å²) in [6.07, 6.45) is 0. The first-order valence-corrected chi connectivity index (χ1v) is 6.01. The van der Waals surface area contributed by atoms with Gasteiger partial charge >= 0.3 is 5.97 Å². The van der Waals surface area contributed by atoms with Crippen molar-refractivity contribution in [3.63, 3.8) is 0 Å². The van der Waals surface area contributed by atoms with Crippen molar-refractivity contribution in [3.8, 4) is 0 Å². The molecule has 88 valence electrons. The molecule has 1 rings (SSSR count). The minimum Gasteiger partial charge on any atom is -0.480 e. The second-order valence-electron chi connectivity index (χ2n) is 3.92. The first-order chi connectivity index (χ1) is 7.50. The van der Waals surface area contributed by atoms with Gasteiger partial charge in [-0.1, -0.05) is 35.0 Å². The van der Waals surface area contributed by atoms with Crippen molar-refractivity contribution in [2.75, 3.05) is 6.54 Å². The smallest absolute Gasteiger partial charge is 0.320 e. The summed E-state index contributed by atoms with van der Waals surface area (Å²) >= 11 is 3.42. The average Bonchev–Trinajstić information content (AvgIpc) is 2.25. The van der Waals surface area contributed by atoms with Gasteiger partial charge < -0.3 is 10.4 Å². The van der Waals surface area contributed by atoms with E-state index in [-0.39, 0.29) is 0 Å². The fraction of sp³-hybridized carbons (Fsp3) is 0.417. The van der Waals surface area contributed by atoms with Gasteiger partial charge in [0.2, 0.25) is 0 Å². The number of aliphatic carboxylic acids is 1. The quantitative estimate of drug-likeness (QED) is 0.874. The number of carboxylic acid groups (broad SMARTS) is 1. The maximum atomic E-state index is 10.6. The first-order valence-electron chi connectivity index (χ1n) is 5.22. The highest BCUT2D eigenvalue weighted by molar-refractivity contribution is 9.10. The summed E-state index contributed by atoms with van der Waals surface area (Å²) in [5, 5.41) is 11.7. The van der Waals surface area contributed by atoms with E-state index in [1.807, 2.05) is 18.2 Å². The molecule has 0 radical (unpaired) electrons. The van der Waals surface area contributed by atoms with E-state index in [4.69, 9.17) is 5.11 Å². The second-order valence-corrected chi connectivity index (χ2v) is 4.84. The number of carbonyl (C=O) groups is 1. The Bertz CT molecular complexity index is 368. The molecule has 0 fully saturated rings. The van der Waals surface area contributed by atoms with Crippen molar-refractivity contribution < 1.29 is 9.90 Å². The van der Waals surface area contributed by atoms with Crippen molar-refractivity contribution in [1.82, 2.24) is 5.32 Å². The van der Waals surface area contributed by atoms with Crippen LogP contribution in [0.3, 0.4) is 0 Å². The Balaban J connectivity index is 2.52. The van der Waals surface area contributed by atoms with Gasteiger partial charge in [0.15, 0.2) is 0 Å². The number of hydrogen-bond acceptors (Lipinski definition) is 2. The fourth-order valence-corrected chi connectivity index (χ4v) is 1.79. The van der Waals surface area contributed by atoms with Crippen LogP contribution < -0.4 is 5.32 Å². The number of hydrogen-bond donors (Lipinski definition) is 2. The van der Waals surface area contributed by atoms with Crippen molar-refractivity contribution in [2.45, 2.75) is 25.8 Å². The zero-order valence-electron chi connectivity index (χ0n) is 9.40. The largest absolute Gasteiger partial charge is 0.480 e. The Morgan fingerprint density at radius 2 is 2.19 bits per heavy atom. The summed E-state index contributed by atoms with van der Waals surface area (Å²) in [5.41, 5.74) is 1.19. The number of rotatable bonds is 5. The van der Waals surface area contributed by atoms with Crippen LogP contribution in [0.15, 0.2) is 28.7 Å². The SMILES string of the molecule is CC(CN[C@H](C)C(=O)O)c1cccc(Br)c1. The lowest BCUT2D eigenvalue weighted by atomic mass is 10.0. The number of halogens is 1. The van der Waals surface area contributed by atoms with Crippen molar-refractivity contribution in [3.05, 3.63) is 34.3 Å². The zero-order chi connectivity index (χ0) is 12.1. The van der Waals surface area contributed by atoms with Crippen LogP contribution in [0.4, 0.5) is 0 Å². The van der Waals surface area contributed by atoms with E-state index in [1.165, 1.54) is 5.56 Å². The minimum atomic E-state index is -0.818. The molecule has 3 nitrogen and oxygen atoms in total. The molecule has 0 aliphatic heterocycles. The molecule has 0 spiro atoms. The van der Waals surface area contributed by atoms with Gasteiger partial charge in [-0.25, -0.2) is 0 Å². The van der Waals surface area contributed by atoms with E-state index in [1.54, 1.807) is 6.92 Å². The molecule has 2 N–H and O–H groups in total. The summed E-state index contributed by atoms with van der Waals surface area (Å²) in [5.74, 6) is -0.527. The number of benzene rings is 1. The second kappa shape index (κ2) is 6.01. The van der Waals surface area contributed by atoms with Crippen LogP contribution in [-0.4, -0.2) is 23.7 Å². The molecule has 1 unspecified atom stereocenters. The van der Waals surface area contributed by atoms with Gasteiger partial charge in [-0.15, -0.1) is 0 Å². The molecule has 0 heterocycles. The molecule has 4 heteroatoms. The standard InChI is InChI=1S/C12H16BrNO2/c1-8(7-14-9(2)12(15)16)10-4-3-5-11(13)6-10/h3-6,8-9,14H,7H2,1-2H3,(H,15,16)/t8?,9-/m1/s1. The predicted molar refractivity (Wildman–Crippen MR) is 67.7 cm³/mol. The van der Waals surface area contributed by atoms with Gasteiger partial charge in [0, 0.05) is 11.0 Å². The third-order valence-electron chi connectivity index (χ3n) is 2.52. The Morgan fingerprint density at radius 1 is 1.50 bits per heavy atom. The van der Waals surface area contributed by atoms with Gasteiger partial charge in [-0.05, 0) is 30.5 Å². The molecule has 0 saturated heterocycles. The molecule has 1 aromatic rings. The summed E-state index contributed by atoms with van der Waals surface area (Å²) in [6, 6.07) is 7.55. The van der Waals surface area contributed by atoms with Crippen LogP contribution >= 0.6 is 15.9 Å². The van der Waals surface area contributed by atoms with Crippen LogP contribution in [0.1, 0.15) is 25.3 Å². The summed E-state index contributed by atoms with van der Waals surface area (Å²) < 4.78 is 1.04. The van der Waals surface area contributed by atoms with Gasteiger partial charge in [0.25, 0.3) is 0 Å². The Hall–Kier alpha value is -0.870. The van der Waals surface area contributed by atoms with Crippen molar-refractivity contribution in [1.29, 1.82) is 0 Å². The van der Waals surface area contributed by atoms with Crippen molar-refractivity contribution >= 4 is 21.9 Å². The van der Waals surface area contributed by atoms with E-state index >= 15 is 0 Å². The molecule has 0 aromatic heterocycles. The Labute approximate surface area is 104 Å². The Morgan fingerprint density at radius 3 is 2.75 bits per heavy atom. The highest BCUT2D eigenvalue weighted by atomic mass is 79.9. The highest BCUT2D eigenvalue weighted by Crippen LogP contribution is 2.19. The maximum absolute atomic E-state index is 10.6. The molecule has 0 saturated carbocycles. The van der Waals surface area contributed by atoms with Crippen molar-refractivity contribution in [2.24, 2.45) is 0 Å². The lowest BCUT2D eigenvalue weighted by Gasteiger charge is -2.15. The summed E-state index contributed by atoms with van der Waals surface area (Å²) in [4.78, 5) is 10.6. The maximum Gasteiger partial charge on any atom is 0.320 e. The molecule has 0 aliphatic carbocycles. The topological polar surface area (TPSA) is 49.3 Å². The third-order valence-corrected chi connectivity index (χ3v) is 3.01. The molecule has 1 aromatic carbocycles. The number of carboxylic acids is 1. The monoisotopic (exact) mass is 285 g/mol. The van der Waals surface area contributed by atoms with E-state index in [2.05, 4.69) is 34.2 Å². The molecular formula is C12H16BrNO2.